The van der Waals surface area contributed by atoms with E-state index < -0.39 is 11.2 Å². The molecule has 0 spiro atoms. The number of H-pyrrole nitrogens is 1. The average Bonchev–Trinajstić information content (AvgIpc) is 2.13. The number of ether oxygens (including phenoxy) is 1. The van der Waals surface area contributed by atoms with Crippen LogP contribution in [0.3, 0.4) is 0 Å². The quantitative estimate of drug-likeness (QED) is 0.828. The minimum Gasteiger partial charge on any atom is -0.377 e. The molecule has 1 rings (SSSR count). The van der Waals surface area contributed by atoms with Gasteiger partial charge >= 0.3 is 5.69 Å². The molecular weight excluding hydrogens is 220 g/mol. The van der Waals surface area contributed by atoms with E-state index in [1.54, 1.807) is 0 Å². The van der Waals surface area contributed by atoms with Crippen LogP contribution in [0.1, 0.15) is 13.8 Å². The van der Waals surface area contributed by atoms with Gasteiger partial charge in [0, 0.05) is 6.20 Å². The molecule has 0 aliphatic rings. The molecule has 6 heteroatoms. The number of aromatic amines is 1. The van der Waals surface area contributed by atoms with Crippen LogP contribution in [0.25, 0.3) is 0 Å². The first-order valence-electron chi connectivity index (χ1n) is 4.61. The largest absolute Gasteiger partial charge is 0.377 e. The first-order chi connectivity index (χ1) is 7.00. The molecule has 1 heterocycles. The number of hydrogen-bond donors (Lipinski definition) is 1. The Bertz CT molecular complexity index is 436. The smallest absolute Gasteiger partial charge is 0.328 e. The van der Waals surface area contributed by atoms with Crippen molar-refractivity contribution in [3.05, 3.63) is 32.1 Å². The zero-order valence-electron chi connectivity index (χ0n) is 8.62. The van der Waals surface area contributed by atoms with Crippen LogP contribution < -0.4 is 11.2 Å². The molecule has 1 aromatic rings. The zero-order valence-corrected chi connectivity index (χ0v) is 9.37. The molecule has 0 atom stereocenters. The summed E-state index contributed by atoms with van der Waals surface area (Å²) in [4.78, 5) is 24.3. The summed E-state index contributed by atoms with van der Waals surface area (Å²) in [6.45, 7) is 4.58. The van der Waals surface area contributed by atoms with Crippen molar-refractivity contribution in [1.29, 1.82) is 0 Å². The lowest BCUT2D eigenvalue weighted by molar-refractivity contribution is 0.0720. The minimum atomic E-state index is -0.567. The van der Waals surface area contributed by atoms with Gasteiger partial charge in [0.25, 0.3) is 5.56 Å². The highest BCUT2D eigenvalue weighted by Crippen LogP contribution is 1.96. The number of halogens is 1. The molecule has 0 aliphatic heterocycles. The Morgan fingerprint density at radius 3 is 2.80 bits per heavy atom. The van der Waals surface area contributed by atoms with Gasteiger partial charge < -0.3 is 4.74 Å². The molecule has 0 unspecified atom stereocenters. The van der Waals surface area contributed by atoms with Crippen molar-refractivity contribution in [2.75, 3.05) is 6.61 Å². The molecule has 1 aromatic heterocycles. The van der Waals surface area contributed by atoms with Crippen molar-refractivity contribution in [2.45, 2.75) is 26.5 Å². The lowest BCUT2D eigenvalue weighted by atomic mass is 10.5. The summed E-state index contributed by atoms with van der Waals surface area (Å²) in [6.07, 6.45) is 1.42. The second-order valence-electron chi connectivity index (χ2n) is 3.35. The summed E-state index contributed by atoms with van der Waals surface area (Å²) < 4.78 is 6.59. The summed E-state index contributed by atoms with van der Waals surface area (Å²) in [6, 6.07) is 0. The molecule has 0 aromatic carbocycles. The van der Waals surface area contributed by atoms with Gasteiger partial charge in [0.15, 0.2) is 0 Å². The summed E-state index contributed by atoms with van der Waals surface area (Å²) in [5.41, 5.74) is -1.04. The van der Waals surface area contributed by atoms with E-state index in [0.29, 0.717) is 13.2 Å². The Hall–Kier alpha value is -1.07. The van der Waals surface area contributed by atoms with E-state index in [-0.39, 0.29) is 11.1 Å². The maximum atomic E-state index is 11.3. The van der Waals surface area contributed by atoms with Crippen LogP contribution in [-0.4, -0.2) is 22.3 Å². The van der Waals surface area contributed by atoms with Crippen molar-refractivity contribution in [1.82, 2.24) is 9.55 Å². The molecule has 0 aliphatic carbocycles. The molecule has 0 amide bonds. The number of nitrogens with one attached hydrogen (secondary N) is 1. The Morgan fingerprint density at radius 1 is 1.53 bits per heavy atom. The molecule has 0 fully saturated rings. The average molecular weight is 233 g/mol. The van der Waals surface area contributed by atoms with Gasteiger partial charge in [-0.2, -0.15) is 0 Å². The van der Waals surface area contributed by atoms with E-state index in [0.717, 1.165) is 0 Å². The van der Waals surface area contributed by atoms with Crippen molar-refractivity contribution >= 4 is 11.6 Å². The molecule has 1 N–H and O–H groups in total. The number of nitrogens with zero attached hydrogens (tertiary/aromatic N) is 1. The Labute approximate surface area is 91.6 Å². The molecular formula is C9H13ClN2O3. The van der Waals surface area contributed by atoms with Gasteiger partial charge in [0.05, 0.1) is 19.3 Å². The van der Waals surface area contributed by atoms with E-state index in [2.05, 4.69) is 4.98 Å². The van der Waals surface area contributed by atoms with Crippen molar-refractivity contribution in [2.24, 2.45) is 0 Å². The number of rotatable bonds is 4. The SMILES string of the molecule is CC(C)OCCn1cc(Cl)c(=O)[nH]c1=O. The van der Waals surface area contributed by atoms with E-state index in [4.69, 9.17) is 16.3 Å². The maximum absolute atomic E-state index is 11.3. The van der Waals surface area contributed by atoms with Gasteiger partial charge in [0.2, 0.25) is 0 Å². The topological polar surface area (TPSA) is 64.1 Å². The predicted molar refractivity (Wildman–Crippen MR) is 57.4 cm³/mol. The van der Waals surface area contributed by atoms with E-state index >= 15 is 0 Å². The maximum Gasteiger partial charge on any atom is 0.328 e. The van der Waals surface area contributed by atoms with Gasteiger partial charge in [-0.25, -0.2) is 4.79 Å². The van der Waals surface area contributed by atoms with Crippen LogP contribution in [0, 0.1) is 0 Å². The third-order valence-corrected chi connectivity index (χ3v) is 2.02. The predicted octanol–water partition coefficient (Wildman–Crippen LogP) is 0.615. The van der Waals surface area contributed by atoms with E-state index in [1.165, 1.54) is 10.8 Å². The number of hydrogen-bond acceptors (Lipinski definition) is 3. The van der Waals surface area contributed by atoms with Crippen molar-refractivity contribution < 1.29 is 4.74 Å². The van der Waals surface area contributed by atoms with Crippen molar-refractivity contribution in [3.63, 3.8) is 0 Å². The normalized spacial score (nSPS) is 10.9. The summed E-state index contributed by atoms with van der Waals surface area (Å²) in [5.74, 6) is 0. The first kappa shape index (κ1) is 12.0. The Kier molecular flexibility index (Phi) is 4.11. The van der Waals surface area contributed by atoms with Crippen LogP contribution >= 0.6 is 11.6 Å². The van der Waals surface area contributed by atoms with Gasteiger partial charge in [-0.15, -0.1) is 0 Å². The van der Waals surface area contributed by atoms with Crippen LogP contribution in [0.4, 0.5) is 0 Å². The fourth-order valence-corrected chi connectivity index (χ4v) is 1.20. The second kappa shape index (κ2) is 5.14. The molecule has 0 saturated carbocycles. The van der Waals surface area contributed by atoms with Gasteiger partial charge in [-0.3, -0.25) is 14.3 Å². The minimum absolute atomic E-state index is 0.000790. The molecule has 15 heavy (non-hydrogen) atoms. The fourth-order valence-electron chi connectivity index (χ4n) is 1.04. The van der Waals surface area contributed by atoms with Crippen LogP contribution in [0.2, 0.25) is 5.02 Å². The Balaban J connectivity index is 2.74. The van der Waals surface area contributed by atoms with Crippen LogP contribution in [-0.2, 0) is 11.3 Å². The molecule has 0 radical (unpaired) electrons. The molecule has 0 bridgehead atoms. The van der Waals surface area contributed by atoms with E-state index in [1.807, 2.05) is 13.8 Å². The zero-order chi connectivity index (χ0) is 11.4. The monoisotopic (exact) mass is 232 g/mol. The van der Waals surface area contributed by atoms with Crippen LogP contribution in [0.5, 0.6) is 0 Å². The molecule has 5 nitrogen and oxygen atoms in total. The fraction of sp³-hybridized carbons (Fsp3) is 0.556. The lowest BCUT2D eigenvalue weighted by Gasteiger charge is -2.08. The standard InChI is InChI=1S/C9H13ClN2O3/c1-6(2)15-4-3-12-5-7(10)8(13)11-9(12)14/h5-6H,3-4H2,1-2H3,(H,11,13,14). The summed E-state index contributed by atoms with van der Waals surface area (Å²) in [5, 5.41) is -0.000790. The summed E-state index contributed by atoms with van der Waals surface area (Å²) in [7, 11) is 0. The Morgan fingerprint density at radius 2 is 2.20 bits per heavy atom. The number of aromatic nitrogens is 2. The second-order valence-corrected chi connectivity index (χ2v) is 3.76. The third-order valence-electron chi connectivity index (χ3n) is 1.75. The lowest BCUT2D eigenvalue weighted by Crippen LogP contribution is -2.31. The van der Waals surface area contributed by atoms with Crippen molar-refractivity contribution in [3.8, 4) is 0 Å². The van der Waals surface area contributed by atoms with E-state index in [9.17, 15) is 9.59 Å². The third kappa shape index (κ3) is 3.53. The van der Waals surface area contributed by atoms with Gasteiger partial charge in [-0.05, 0) is 13.8 Å². The van der Waals surface area contributed by atoms with Crippen LogP contribution in [0.15, 0.2) is 15.8 Å². The summed E-state index contributed by atoms with van der Waals surface area (Å²) >= 11 is 5.58. The molecule has 84 valence electrons. The highest BCUT2D eigenvalue weighted by molar-refractivity contribution is 6.30. The highest BCUT2D eigenvalue weighted by Gasteiger charge is 2.02. The van der Waals surface area contributed by atoms with Gasteiger partial charge in [-0.1, -0.05) is 11.6 Å². The first-order valence-corrected chi connectivity index (χ1v) is 4.99. The highest BCUT2D eigenvalue weighted by atomic mass is 35.5. The van der Waals surface area contributed by atoms with Gasteiger partial charge in [0.1, 0.15) is 5.02 Å². The molecule has 0 saturated heterocycles.